The summed E-state index contributed by atoms with van der Waals surface area (Å²) < 4.78 is 5.14. The van der Waals surface area contributed by atoms with E-state index in [1.54, 1.807) is 48.5 Å². The second kappa shape index (κ2) is 7.82. The summed E-state index contributed by atoms with van der Waals surface area (Å²) in [6.45, 7) is -0.334. The van der Waals surface area contributed by atoms with Crippen molar-refractivity contribution >= 4 is 29.1 Å². The first-order valence-electron chi connectivity index (χ1n) is 8.27. The Kier molecular flexibility index (Phi) is 5.48. The standard InChI is InChI=1S/C20H18ClNO5/c1-27-15-8-4-12(5-9-15)17-16(19(25)20(26)22(17)10-11-23)18(24)13-2-6-14(21)7-3-13/h2-9,17,23-24H,10-11H2,1H3/b18-16+. The van der Waals surface area contributed by atoms with Crippen LogP contribution < -0.4 is 4.74 Å². The first-order chi connectivity index (χ1) is 13.0. The van der Waals surface area contributed by atoms with Crippen molar-refractivity contribution in [1.29, 1.82) is 0 Å². The molecule has 1 heterocycles. The summed E-state index contributed by atoms with van der Waals surface area (Å²) >= 11 is 5.88. The highest BCUT2D eigenvalue weighted by Gasteiger charge is 2.45. The SMILES string of the molecule is COc1ccc(C2/C(=C(\O)c3ccc(Cl)cc3)C(=O)C(=O)N2CCO)cc1. The maximum absolute atomic E-state index is 12.6. The number of carbonyl (C=O) groups is 2. The molecule has 140 valence electrons. The summed E-state index contributed by atoms with van der Waals surface area (Å²) in [6, 6.07) is 12.4. The number of β-amino-alcohol motifs (C(OH)–C–C–N with tert-alkyl or cyclic N) is 1. The monoisotopic (exact) mass is 387 g/mol. The maximum Gasteiger partial charge on any atom is 0.295 e. The molecule has 1 unspecified atom stereocenters. The van der Waals surface area contributed by atoms with Crippen LogP contribution in [0, 0.1) is 0 Å². The van der Waals surface area contributed by atoms with E-state index < -0.39 is 17.7 Å². The van der Waals surface area contributed by atoms with Gasteiger partial charge in [0.25, 0.3) is 11.7 Å². The first kappa shape index (κ1) is 18.9. The number of aliphatic hydroxyl groups excluding tert-OH is 2. The molecule has 6 nitrogen and oxygen atoms in total. The van der Waals surface area contributed by atoms with E-state index in [1.807, 2.05) is 0 Å². The summed E-state index contributed by atoms with van der Waals surface area (Å²) in [6.07, 6.45) is 0. The molecule has 7 heteroatoms. The molecule has 1 aliphatic rings. The molecule has 1 fully saturated rings. The third-order valence-corrected chi connectivity index (χ3v) is 4.68. The molecule has 0 spiro atoms. The Morgan fingerprint density at radius 3 is 2.30 bits per heavy atom. The van der Waals surface area contributed by atoms with Gasteiger partial charge in [-0.05, 0) is 42.0 Å². The number of halogens is 1. The summed E-state index contributed by atoms with van der Waals surface area (Å²) in [4.78, 5) is 26.4. The van der Waals surface area contributed by atoms with Gasteiger partial charge in [0, 0.05) is 17.1 Å². The normalized spacial score (nSPS) is 18.8. The van der Waals surface area contributed by atoms with Crippen molar-refractivity contribution in [2.75, 3.05) is 20.3 Å². The van der Waals surface area contributed by atoms with E-state index in [0.29, 0.717) is 21.9 Å². The lowest BCUT2D eigenvalue weighted by Gasteiger charge is -2.24. The van der Waals surface area contributed by atoms with Gasteiger partial charge in [-0.15, -0.1) is 0 Å². The average molecular weight is 388 g/mol. The van der Waals surface area contributed by atoms with Crippen molar-refractivity contribution in [3.05, 3.63) is 70.3 Å². The smallest absolute Gasteiger partial charge is 0.295 e. The van der Waals surface area contributed by atoms with Crippen molar-refractivity contribution < 1.29 is 24.5 Å². The lowest BCUT2D eigenvalue weighted by atomic mass is 9.95. The Morgan fingerprint density at radius 2 is 1.74 bits per heavy atom. The lowest BCUT2D eigenvalue weighted by Crippen LogP contribution is -2.32. The van der Waals surface area contributed by atoms with Gasteiger partial charge in [0.2, 0.25) is 0 Å². The molecule has 1 aliphatic heterocycles. The largest absolute Gasteiger partial charge is 0.507 e. The van der Waals surface area contributed by atoms with Crippen molar-refractivity contribution in [3.8, 4) is 5.75 Å². The van der Waals surface area contributed by atoms with E-state index >= 15 is 0 Å². The van der Waals surface area contributed by atoms with Gasteiger partial charge >= 0.3 is 0 Å². The molecule has 0 bridgehead atoms. The highest BCUT2D eigenvalue weighted by Crippen LogP contribution is 2.39. The summed E-state index contributed by atoms with van der Waals surface area (Å²) in [5.41, 5.74) is 0.972. The summed E-state index contributed by atoms with van der Waals surface area (Å²) in [5.74, 6) is -1.22. The quantitative estimate of drug-likeness (QED) is 0.468. The van der Waals surface area contributed by atoms with Crippen LogP contribution >= 0.6 is 11.6 Å². The number of hydrogen-bond acceptors (Lipinski definition) is 5. The fraction of sp³-hybridized carbons (Fsp3) is 0.200. The summed E-state index contributed by atoms with van der Waals surface area (Å²) in [7, 11) is 1.54. The number of likely N-dealkylation sites (tertiary alicyclic amines) is 1. The van der Waals surface area contributed by atoms with Gasteiger partial charge in [-0.25, -0.2) is 0 Å². The second-order valence-electron chi connectivity index (χ2n) is 6.00. The minimum absolute atomic E-state index is 0.0269. The highest BCUT2D eigenvalue weighted by molar-refractivity contribution is 6.46. The number of amides is 1. The van der Waals surface area contributed by atoms with Crippen molar-refractivity contribution in [2.24, 2.45) is 0 Å². The fourth-order valence-electron chi connectivity index (χ4n) is 3.11. The molecule has 3 rings (SSSR count). The van der Waals surface area contributed by atoms with Crippen molar-refractivity contribution in [3.63, 3.8) is 0 Å². The van der Waals surface area contributed by atoms with E-state index in [0.717, 1.165) is 0 Å². The van der Waals surface area contributed by atoms with Gasteiger partial charge in [-0.2, -0.15) is 0 Å². The van der Waals surface area contributed by atoms with Gasteiger partial charge in [0.05, 0.1) is 25.3 Å². The molecular formula is C20H18ClNO5. The molecule has 2 aromatic rings. The molecule has 27 heavy (non-hydrogen) atoms. The number of carbonyl (C=O) groups excluding carboxylic acids is 2. The van der Waals surface area contributed by atoms with E-state index in [2.05, 4.69) is 0 Å². The topological polar surface area (TPSA) is 87.1 Å². The van der Waals surface area contributed by atoms with Crippen molar-refractivity contribution in [1.82, 2.24) is 4.90 Å². The van der Waals surface area contributed by atoms with E-state index in [1.165, 1.54) is 12.0 Å². The van der Waals surface area contributed by atoms with Gasteiger partial charge in [-0.3, -0.25) is 9.59 Å². The van der Waals surface area contributed by atoms with Crippen LogP contribution in [0.4, 0.5) is 0 Å². The van der Waals surface area contributed by atoms with Crippen LogP contribution in [-0.4, -0.2) is 47.1 Å². The number of rotatable bonds is 5. The summed E-state index contributed by atoms with van der Waals surface area (Å²) in [5, 5.41) is 20.6. The zero-order valence-electron chi connectivity index (χ0n) is 14.6. The van der Waals surface area contributed by atoms with Crippen LogP contribution in [0.15, 0.2) is 54.1 Å². The molecule has 0 aromatic heterocycles. The van der Waals surface area contributed by atoms with Crippen LogP contribution in [0.2, 0.25) is 5.02 Å². The third-order valence-electron chi connectivity index (χ3n) is 4.43. The Balaban J connectivity index is 2.15. The molecule has 0 saturated carbocycles. The number of hydrogen-bond donors (Lipinski definition) is 2. The number of benzene rings is 2. The number of nitrogens with zero attached hydrogens (tertiary/aromatic N) is 1. The van der Waals surface area contributed by atoms with Gasteiger partial charge in [-0.1, -0.05) is 23.7 Å². The molecule has 1 amide bonds. The minimum Gasteiger partial charge on any atom is -0.507 e. The average Bonchev–Trinajstić information content (AvgIpc) is 2.93. The van der Waals surface area contributed by atoms with Crippen LogP contribution in [0.1, 0.15) is 17.2 Å². The Morgan fingerprint density at radius 1 is 1.11 bits per heavy atom. The zero-order chi connectivity index (χ0) is 19.6. The second-order valence-corrected chi connectivity index (χ2v) is 6.43. The number of aliphatic hydroxyl groups is 2. The van der Waals surface area contributed by atoms with Crippen LogP contribution in [0.5, 0.6) is 5.75 Å². The number of ketones is 1. The predicted octanol–water partition coefficient (Wildman–Crippen LogP) is 2.76. The third kappa shape index (κ3) is 3.54. The number of Topliss-reactive ketones (excluding diaryl/α,β-unsaturated/α-hetero) is 1. The highest BCUT2D eigenvalue weighted by atomic mass is 35.5. The predicted molar refractivity (Wildman–Crippen MR) is 101 cm³/mol. The Labute approximate surface area is 161 Å². The molecule has 1 saturated heterocycles. The zero-order valence-corrected chi connectivity index (χ0v) is 15.3. The van der Waals surface area contributed by atoms with Crippen LogP contribution in [0.25, 0.3) is 5.76 Å². The molecule has 2 aromatic carbocycles. The first-order valence-corrected chi connectivity index (χ1v) is 8.65. The number of methoxy groups -OCH3 is 1. The van der Waals surface area contributed by atoms with Crippen molar-refractivity contribution in [2.45, 2.75) is 6.04 Å². The molecule has 0 aliphatic carbocycles. The van der Waals surface area contributed by atoms with Crippen LogP contribution in [-0.2, 0) is 9.59 Å². The van der Waals surface area contributed by atoms with Gasteiger partial charge in [0.15, 0.2) is 0 Å². The Hall–Kier alpha value is -2.83. The van der Waals surface area contributed by atoms with Crippen LogP contribution in [0.3, 0.4) is 0 Å². The maximum atomic E-state index is 12.6. The lowest BCUT2D eigenvalue weighted by molar-refractivity contribution is -0.140. The molecule has 0 radical (unpaired) electrons. The van der Waals surface area contributed by atoms with E-state index in [4.69, 9.17) is 16.3 Å². The van der Waals surface area contributed by atoms with E-state index in [9.17, 15) is 19.8 Å². The van der Waals surface area contributed by atoms with Gasteiger partial charge in [0.1, 0.15) is 11.5 Å². The number of ether oxygens (including phenoxy) is 1. The van der Waals surface area contributed by atoms with E-state index in [-0.39, 0.29) is 24.5 Å². The molecule has 1 atom stereocenters. The minimum atomic E-state index is -0.807. The molecule has 2 N–H and O–H groups in total. The van der Waals surface area contributed by atoms with Gasteiger partial charge < -0.3 is 19.8 Å². The molecular weight excluding hydrogens is 370 g/mol. The fourth-order valence-corrected chi connectivity index (χ4v) is 3.24. The Bertz CT molecular complexity index is 890.